The normalized spacial score (nSPS) is 18.4. The van der Waals surface area contributed by atoms with E-state index in [1.807, 2.05) is 78.9 Å². The monoisotopic (exact) mass is 382 g/mol. The first-order valence-corrected chi connectivity index (χ1v) is 10.1. The van der Waals surface area contributed by atoms with Crippen LogP contribution < -0.4 is 4.90 Å². The fourth-order valence-electron chi connectivity index (χ4n) is 4.40. The van der Waals surface area contributed by atoms with Crippen LogP contribution in [0, 0.1) is 0 Å². The van der Waals surface area contributed by atoms with E-state index in [4.69, 9.17) is 0 Å². The second-order valence-electron chi connectivity index (χ2n) is 7.66. The van der Waals surface area contributed by atoms with Crippen molar-refractivity contribution in [2.75, 3.05) is 11.4 Å². The van der Waals surface area contributed by atoms with Crippen LogP contribution in [0.15, 0.2) is 78.9 Å². The van der Waals surface area contributed by atoms with E-state index in [0.717, 1.165) is 29.5 Å². The Kier molecular flexibility index (Phi) is 4.39. The second kappa shape index (κ2) is 7.21. The number of fused-ring (bicyclic) bond motifs is 2. The van der Waals surface area contributed by atoms with Crippen LogP contribution in [-0.2, 0) is 11.3 Å². The summed E-state index contributed by atoms with van der Waals surface area (Å²) in [5.41, 5.74) is 4.42. The first kappa shape index (κ1) is 17.7. The molecule has 29 heavy (non-hydrogen) atoms. The van der Waals surface area contributed by atoms with Gasteiger partial charge in [0.2, 0.25) is 5.91 Å². The summed E-state index contributed by atoms with van der Waals surface area (Å²) in [6, 6.07) is 25.5. The lowest BCUT2D eigenvalue weighted by molar-refractivity contribution is -0.122. The minimum absolute atomic E-state index is 0.0194. The fraction of sp³-hybridized carbons (Fsp3) is 0.200. The van der Waals surface area contributed by atoms with E-state index in [2.05, 4.69) is 0 Å². The van der Waals surface area contributed by atoms with Gasteiger partial charge in [-0.25, -0.2) is 0 Å². The van der Waals surface area contributed by atoms with E-state index in [-0.39, 0.29) is 17.9 Å². The number of nitrogens with zero attached hydrogens (tertiary/aromatic N) is 2. The van der Waals surface area contributed by atoms with Crippen molar-refractivity contribution < 1.29 is 9.59 Å². The SMILES string of the molecule is O=C1[C@@H]2CCCN2C(=O)c2cc(-c3ccccc3)ccc2N1Cc1ccccc1. The Morgan fingerprint density at radius 1 is 0.828 bits per heavy atom. The van der Waals surface area contributed by atoms with Gasteiger partial charge in [-0.3, -0.25) is 9.59 Å². The van der Waals surface area contributed by atoms with Gasteiger partial charge < -0.3 is 9.80 Å². The van der Waals surface area contributed by atoms with Gasteiger partial charge in [-0.2, -0.15) is 0 Å². The van der Waals surface area contributed by atoms with Crippen molar-refractivity contribution in [3.63, 3.8) is 0 Å². The molecule has 4 nitrogen and oxygen atoms in total. The molecule has 5 rings (SSSR count). The molecule has 2 heterocycles. The van der Waals surface area contributed by atoms with Gasteiger partial charge in [-0.15, -0.1) is 0 Å². The van der Waals surface area contributed by atoms with E-state index in [1.54, 1.807) is 9.80 Å². The Morgan fingerprint density at radius 2 is 1.55 bits per heavy atom. The Morgan fingerprint density at radius 3 is 2.31 bits per heavy atom. The molecule has 3 aromatic rings. The molecule has 0 aromatic heterocycles. The van der Waals surface area contributed by atoms with E-state index < -0.39 is 0 Å². The molecule has 1 fully saturated rings. The zero-order chi connectivity index (χ0) is 19.8. The number of hydrogen-bond acceptors (Lipinski definition) is 2. The third-order valence-corrected chi connectivity index (χ3v) is 5.87. The molecular weight excluding hydrogens is 360 g/mol. The van der Waals surface area contributed by atoms with Crippen molar-refractivity contribution in [3.05, 3.63) is 90.0 Å². The molecule has 0 N–H and O–H groups in total. The summed E-state index contributed by atoms with van der Waals surface area (Å²) in [7, 11) is 0. The van der Waals surface area contributed by atoms with Crippen LogP contribution in [-0.4, -0.2) is 29.3 Å². The molecular formula is C25H22N2O2. The van der Waals surface area contributed by atoms with Crippen LogP contribution in [0.5, 0.6) is 0 Å². The summed E-state index contributed by atoms with van der Waals surface area (Å²) >= 11 is 0. The topological polar surface area (TPSA) is 40.6 Å². The Bertz CT molecular complexity index is 1060. The molecule has 0 spiro atoms. The second-order valence-corrected chi connectivity index (χ2v) is 7.66. The van der Waals surface area contributed by atoms with Crippen molar-refractivity contribution >= 4 is 17.5 Å². The highest BCUT2D eigenvalue weighted by Gasteiger charge is 2.42. The van der Waals surface area contributed by atoms with Gasteiger partial charge in [-0.05, 0) is 41.7 Å². The smallest absolute Gasteiger partial charge is 0.256 e. The van der Waals surface area contributed by atoms with Gasteiger partial charge in [0, 0.05) is 6.54 Å². The maximum absolute atomic E-state index is 13.4. The summed E-state index contributed by atoms with van der Waals surface area (Å²) in [5.74, 6) is -0.0184. The standard InChI is InChI=1S/C25H22N2O2/c28-24-21-16-20(19-10-5-2-6-11-19)13-14-22(21)27(17-18-8-3-1-4-9-18)25(29)23-12-7-15-26(23)24/h1-6,8-11,13-14,16,23H,7,12,15,17H2/t23-/m0/s1. The predicted molar refractivity (Wildman–Crippen MR) is 114 cm³/mol. The number of amides is 2. The van der Waals surface area contributed by atoms with Gasteiger partial charge >= 0.3 is 0 Å². The van der Waals surface area contributed by atoms with Crippen molar-refractivity contribution in [1.82, 2.24) is 4.90 Å². The van der Waals surface area contributed by atoms with Crippen molar-refractivity contribution in [3.8, 4) is 11.1 Å². The molecule has 0 unspecified atom stereocenters. The van der Waals surface area contributed by atoms with E-state index >= 15 is 0 Å². The van der Waals surface area contributed by atoms with Crippen molar-refractivity contribution in [2.45, 2.75) is 25.4 Å². The highest BCUT2D eigenvalue weighted by Crippen LogP contribution is 2.35. The van der Waals surface area contributed by atoms with Crippen LogP contribution in [0.3, 0.4) is 0 Å². The minimum atomic E-state index is -0.362. The molecule has 3 aromatic carbocycles. The average Bonchev–Trinajstić information content (AvgIpc) is 3.25. The van der Waals surface area contributed by atoms with Crippen LogP contribution in [0.4, 0.5) is 5.69 Å². The molecule has 2 amide bonds. The molecule has 0 bridgehead atoms. The third kappa shape index (κ3) is 3.11. The number of carbonyl (C=O) groups excluding carboxylic acids is 2. The number of hydrogen-bond donors (Lipinski definition) is 0. The highest BCUT2D eigenvalue weighted by atomic mass is 16.2. The molecule has 0 saturated carbocycles. The van der Waals surface area contributed by atoms with Gasteiger partial charge in [0.15, 0.2) is 0 Å². The van der Waals surface area contributed by atoms with E-state index in [9.17, 15) is 9.59 Å². The fourth-order valence-corrected chi connectivity index (χ4v) is 4.40. The van der Waals surface area contributed by atoms with Crippen LogP contribution in [0.1, 0.15) is 28.8 Å². The lowest BCUT2D eigenvalue weighted by Gasteiger charge is -2.26. The van der Waals surface area contributed by atoms with E-state index in [1.165, 1.54) is 0 Å². The first-order valence-electron chi connectivity index (χ1n) is 10.1. The molecule has 4 heteroatoms. The zero-order valence-electron chi connectivity index (χ0n) is 16.1. The molecule has 0 aliphatic carbocycles. The average molecular weight is 382 g/mol. The largest absolute Gasteiger partial charge is 0.327 e. The van der Waals surface area contributed by atoms with Gasteiger partial charge in [-0.1, -0.05) is 66.7 Å². The molecule has 2 aliphatic rings. The number of anilines is 1. The molecule has 1 saturated heterocycles. The van der Waals surface area contributed by atoms with Crippen LogP contribution >= 0.6 is 0 Å². The van der Waals surface area contributed by atoms with Crippen LogP contribution in [0.25, 0.3) is 11.1 Å². The van der Waals surface area contributed by atoms with Gasteiger partial charge in [0.1, 0.15) is 6.04 Å². The summed E-state index contributed by atoms with van der Waals surface area (Å²) in [4.78, 5) is 30.4. The summed E-state index contributed by atoms with van der Waals surface area (Å²) in [6.45, 7) is 1.11. The van der Waals surface area contributed by atoms with Crippen LogP contribution in [0.2, 0.25) is 0 Å². The number of rotatable bonds is 3. The highest BCUT2D eigenvalue weighted by molar-refractivity contribution is 6.11. The predicted octanol–water partition coefficient (Wildman–Crippen LogP) is 4.51. The lowest BCUT2D eigenvalue weighted by Crippen LogP contribution is -2.44. The zero-order valence-corrected chi connectivity index (χ0v) is 16.1. The molecule has 144 valence electrons. The lowest BCUT2D eigenvalue weighted by atomic mass is 10.0. The van der Waals surface area contributed by atoms with Gasteiger partial charge in [0.25, 0.3) is 5.91 Å². The first-order chi connectivity index (χ1) is 14.2. The molecule has 2 aliphatic heterocycles. The maximum Gasteiger partial charge on any atom is 0.256 e. The Balaban J connectivity index is 1.63. The summed E-state index contributed by atoms with van der Waals surface area (Å²) in [5, 5.41) is 0. The maximum atomic E-state index is 13.4. The summed E-state index contributed by atoms with van der Waals surface area (Å²) in [6.07, 6.45) is 1.60. The number of carbonyl (C=O) groups is 2. The third-order valence-electron chi connectivity index (χ3n) is 5.87. The molecule has 1 atom stereocenters. The van der Waals surface area contributed by atoms with Gasteiger partial charge in [0.05, 0.1) is 17.8 Å². The van der Waals surface area contributed by atoms with E-state index in [0.29, 0.717) is 24.3 Å². The van der Waals surface area contributed by atoms with Crippen molar-refractivity contribution in [1.29, 1.82) is 0 Å². The Hall–Kier alpha value is -3.40. The number of benzene rings is 3. The Labute approximate surface area is 170 Å². The summed E-state index contributed by atoms with van der Waals surface area (Å²) < 4.78 is 0. The van der Waals surface area contributed by atoms with Crippen molar-refractivity contribution in [2.24, 2.45) is 0 Å². The quantitative estimate of drug-likeness (QED) is 0.669. The minimum Gasteiger partial charge on any atom is -0.327 e. The molecule has 0 radical (unpaired) electrons.